The predicted octanol–water partition coefficient (Wildman–Crippen LogP) is 7.64. The smallest absolute Gasteiger partial charge is 0.309 e. The molecule has 0 aromatic rings. The van der Waals surface area contributed by atoms with Crippen LogP contribution in [-0.2, 0) is 27.2 Å². The molecule has 0 unspecified atom stereocenters. The highest BCUT2D eigenvalue weighted by atomic mass is 79.9. The molecule has 0 radical (unpaired) electrons. The predicted molar refractivity (Wildman–Crippen MR) is 127 cm³/mol. The van der Waals surface area contributed by atoms with Crippen molar-refractivity contribution in [2.24, 2.45) is 0 Å². The van der Waals surface area contributed by atoms with Gasteiger partial charge in [-0.3, -0.25) is 9.13 Å². The highest BCUT2D eigenvalue weighted by Crippen LogP contribution is 2.49. The Bertz CT molecular complexity index is 369. The lowest BCUT2D eigenvalue weighted by molar-refractivity contribution is 0.218. The van der Waals surface area contributed by atoms with Crippen LogP contribution < -0.4 is 0 Å². The van der Waals surface area contributed by atoms with Crippen LogP contribution in [0, 0.1) is 0 Å². The number of alkyl halides is 2. The molecule has 0 spiro atoms. The van der Waals surface area contributed by atoms with E-state index in [0.29, 0.717) is 38.8 Å². The van der Waals surface area contributed by atoms with Crippen LogP contribution >= 0.6 is 47.1 Å². The van der Waals surface area contributed by atoms with Crippen LogP contribution in [0.3, 0.4) is 0 Å². The van der Waals surface area contributed by atoms with E-state index in [2.05, 4.69) is 31.9 Å². The number of halogens is 2. The Morgan fingerprint density at radius 2 is 0.821 bits per heavy atom. The molecule has 0 rings (SSSR count). The second-order valence-corrected chi connectivity index (χ2v) is 11.8. The molecule has 0 fully saturated rings. The first-order valence-corrected chi connectivity index (χ1v) is 15.9. The average Bonchev–Trinajstić information content (AvgIpc) is 2.64. The van der Waals surface area contributed by atoms with Crippen molar-refractivity contribution < 1.29 is 27.2 Å². The molecule has 0 aliphatic heterocycles. The zero-order valence-corrected chi connectivity index (χ0v) is 23.0. The molecule has 172 valence electrons. The van der Waals surface area contributed by atoms with E-state index >= 15 is 0 Å². The fraction of sp³-hybridized carbons (Fsp3) is 1.00. The van der Waals surface area contributed by atoms with E-state index in [0.717, 1.165) is 49.2 Å². The van der Waals surface area contributed by atoms with Gasteiger partial charge in [-0.2, -0.15) is 0 Å². The molecule has 10 heteroatoms. The van der Waals surface area contributed by atoms with E-state index < -0.39 is 15.2 Å². The zero-order chi connectivity index (χ0) is 21.7. The maximum Gasteiger partial charge on any atom is 0.330 e. The third-order valence-corrected chi connectivity index (χ3v) is 8.89. The normalized spacial score (nSPS) is 11.9. The quantitative estimate of drug-likeness (QED) is 0.0953. The highest BCUT2D eigenvalue weighted by Gasteiger charge is 2.22. The van der Waals surface area contributed by atoms with Gasteiger partial charge in [0.05, 0.1) is 38.8 Å². The van der Waals surface area contributed by atoms with Gasteiger partial charge < -0.3 is 18.1 Å². The molecule has 0 amide bonds. The first-order valence-electron chi connectivity index (χ1n) is 10.2. The van der Waals surface area contributed by atoms with Crippen LogP contribution in [0.25, 0.3) is 0 Å². The maximum absolute atomic E-state index is 11.9. The summed E-state index contributed by atoms with van der Waals surface area (Å²) in [5, 5.41) is 2.00. The molecule has 0 saturated carbocycles. The van der Waals surface area contributed by atoms with E-state index in [1.165, 1.54) is 0 Å². The minimum atomic E-state index is -2.77. The summed E-state index contributed by atoms with van der Waals surface area (Å²) in [7, 11) is -5.55. The van der Waals surface area contributed by atoms with Gasteiger partial charge in [0.1, 0.15) is 0 Å². The van der Waals surface area contributed by atoms with Gasteiger partial charge in [0, 0.05) is 10.7 Å². The minimum absolute atomic E-state index is 0.454. The van der Waals surface area contributed by atoms with Gasteiger partial charge in [-0.15, -0.1) is 0 Å². The molecule has 0 aromatic heterocycles. The number of hydrogen-bond donors (Lipinski definition) is 0. The number of unbranched alkanes of at least 4 members (excludes halogenated alkanes) is 4. The Labute approximate surface area is 189 Å². The van der Waals surface area contributed by atoms with Crippen LogP contribution in [0.1, 0.15) is 66.2 Å². The summed E-state index contributed by atoms with van der Waals surface area (Å²) in [5.41, 5.74) is 0. The van der Waals surface area contributed by atoms with E-state index in [4.69, 9.17) is 18.1 Å². The summed E-state index contributed by atoms with van der Waals surface area (Å²) in [4.78, 5) is 0. The second-order valence-electron chi connectivity index (χ2n) is 5.84. The summed E-state index contributed by atoms with van der Waals surface area (Å²) in [6.45, 7) is 9.17. The van der Waals surface area contributed by atoms with Crippen molar-refractivity contribution in [3.8, 4) is 0 Å². The minimum Gasteiger partial charge on any atom is -0.309 e. The van der Waals surface area contributed by atoms with Crippen molar-refractivity contribution in [2.45, 2.75) is 66.2 Å². The lowest BCUT2D eigenvalue weighted by atomic mass is 10.3. The molecule has 0 saturated heterocycles. The molecule has 0 aliphatic rings. The van der Waals surface area contributed by atoms with Gasteiger partial charge in [0.15, 0.2) is 0 Å². The molecule has 28 heavy (non-hydrogen) atoms. The van der Waals surface area contributed by atoms with E-state index in [9.17, 15) is 9.13 Å². The first-order chi connectivity index (χ1) is 13.4. The van der Waals surface area contributed by atoms with Crippen molar-refractivity contribution in [3.05, 3.63) is 0 Å². The van der Waals surface area contributed by atoms with Crippen LogP contribution in [0.4, 0.5) is 0 Å². The molecule has 6 nitrogen and oxygen atoms in total. The molecular weight excluding hydrogens is 534 g/mol. The van der Waals surface area contributed by atoms with Crippen molar-refractivity contribution in [1.82, 2.24) is 0 Å². The van der Waals surface area contributed by atoms with Crippen LogP contribution in [0.15, 0.2) is 0 Å². The summed E-state index contributed by atoms with van der Waals surface area (Å²) in [5.74, 6) is 0. The highest BCUT2D eigenvalue weighted by molar-refractivity contribution is 9.09. The van der Waals surface area contributed by atoms with Gasteiger partial charge in [0.25, 0.3) is 0 Å². The monoisotopic (exact) mass is 572 g/mol. The molecule has 0 aromatic carbocycles. The van der Waals surface area contributed by atoms with Crippen LogP contribution in [-0.4, -0.2) is 49.4 Å². The Hall–Kier alpha value is 1.26. The van der Waals surface area contributed by atoms with E-state index in [1.807, 2.05) is 27.7 Å². The molecule has 0 atom stereocenters. The standard InChI is InChI=1S/2C9H20BrO3P/c2*1-3-12-14(11,13-4-2)9-7-5-6-8-10/h2*3-9H2,1-2H3. The Balaban J connectivity index is 0. The number of rotatable bonds is 18. The van der Waals surface area contributed by atoms with Crippen molar-refractivity contribution >= 4 is 47.1 Å². The van der Waals surface area contributed by atoms with E-state index in [1.54, 1.807) is 0 Å². The summed E-state index contributed by atoms with van der Waals surface area (Å²) >= 11 is 6.72. The largest absolute Gasteiger partial charge is 0.330 e. The topological polar surface area (TPSA) is 71.1 Å². The lowest BCUT2D eigenvalue weighted by Gasteiger charge is -2.16. The Morgan fingerprint density at radius 3 is 1.04 bits per heavy atom. The summed E-state index contributed by atoms with van der Waals surface area (Å²) in [6.07, 6.45) is 7.25. The molecule has 0 bridgehead atoms. The molecule has 0 N–H and O–H groups in total. The third-order valence-electron chi connectivity index (χ3n) is 3.43. The molecular formula is C18H40Br2O6P2. The van der Waals surface area contributed by atoms with Crippen molar-refractivity contribution in [1.29, 1.82) is 0 Å². The Morgan fingerprint density at radius 1 is 0.536 bits per heavy atom. The average molecular weight is 574 g/mol. The molecule has 0 aliphatic carbocycles. The van der Waals surface area contributed by atoms with Gasteiger partial charge in [-0.25, -0.2) is 0 Å². The molecule has 0 heterocycles. The van der Waals surface area contributed by atoms with Gasteiger partial charge in [0.2, 0.25) is 0 Å². The zero-order valence-electron chi connectivity index (χ0n) is 18.0. The van der Waals surface area contributed by atoms with Crippen molar-refractivity contribution in [3.63, 3.8) is 0 Å². The summed E-state index contributed by atoms with van der Waals surface area (Å²) < 4.78 is 44.5. The summed E-state index contributed by atoms with van der Waals surface area (Å²) in [6, 6.07) is 0. The van der Waals surface area contributed by atoms with Crippen LogP contribution in [0.2, 0.25) is 0 Å². The number of hydrogen-bond acceptors (Lipinski definition) is 6. The second kappa shape index (κ2) is 21.5. The lowest BCUT2D eigenvalue weighted by Crippen LogP contribution is -2.00. The first kappa shape index (κ1) is 31.4. The van der Waals surface area contributed by atoms with Crippen molar-refractivity contribution in [2.75, 3.05) is 49.4 Å². The van der Waals surface area contributed by atoms with Crippen LogP contribution in [0.5, 0.6) is 0 Å². The van der Waals surface area contributed by atoms with Gasteiger partial charge >= 0.3 is 15.2 Å². The van der Waals surface area contributed by atoms with E-state index in [-0.39, 0.29) is 0 Å². The fourth-order valence-electron chi connectivity index (χ4n) is 2.27. The third kappa shape index (κ3) is 19.2. The SMILES string of the molecule is CCOP(=O)(CCCCCBr)OCC.CCOP(=O)(CCCCCBr)OCC. The van der Waals surface area contributed by atoms with Gasteiger partial charge in [-0.05, 0) is 53.4 Å². The Kier molecular flexibility index (Phi) is 24.1. The maximum atomic E-state index is 11.9. The van der Waals surface area contributed by atoms with Gasteiger partial charge in [-0.1, -0.05) is 44.7 Å². The fourth-order valence-corrected chi connectivity index (χ4v) is 6.53.